The van der Waals surface area contributed by atoms with E-state index in [9.17, 15) is 14.5 Å². The summed E-state index contributed by atoms with van der Waals surface area (Å²) in [6.45, 7) is 3.04. The van der Waals surface area contributed by atoms with Crippen LogP contribution < -0.4 is 20.1 Å². The van der Waals surface area contributed by atoms with Crippen LogP contribution >= 0.6 is 7.75 Å². The standard InChI is InChI=1S/C25H33F2N6O8P/c1-6-37-19-17-18(30-23(28)31-19)33(13-29-17)22-24(5,26)21(35)25(27,40-22)12-38-42(36,41-16-10-8-7-9-11-16)32-15(4)20(34)39-14(2)3/h7-11,13-15,21-22,35H,6,12H2,1-5H3,(H,32,36)(H2,28,30,31)/t15-,21-,22+,24+,25+,42?/m0/s1/i12D2. The lowest BCUT2D eigenvalue weighted by Crippen LogP contribution is -2.47. The molecule has 1 aromatic carbocycles. The number of nitrogens with two attached hydrogens (primary N) is 1. The fourth-order valence-corrected chi connectivity index (χ4v) is 5.37. The Hall–Kier alpha value is -3.43. The van der Waals surface area contributed by atoms with Gasteiger partial charge in [-0.3, -0.25) is 13.9 Å². The van der Waals surface area contributed by atoms with E-state index in [4.69, 9.17) is 31.7 Å². The number of fused-ring (bicyclic) bond motifs is 1. The van der Waals surface area contributed by atoms with Gasteiger partial charge in [-0.05, 0) is 46.8 Å². The Morgan fingerprint density at radius 2 is 2.00 bits per heavy atom. The smallest absolute Gasteiger partial charge is 0.459 e. The van der Waals surface area contributed by atoms with E-state index in [1.807, 2.05) is 0 Å². The normalized spacial score (nSPS) is 27.3. The Morgan fingerprint density at radius 3 is 2.64 bits per heavy atom. The summed E-state index contributed by atoms with van der Waals surface area (Å²) in [6, 6.07) is 5.83. The summed E-state index contributed by atoms with van der Waals surface area (Å²) in [5.74, 6) is -5.43. The number of carbonyl (C=O) groups is 1. The number of halogens is 2. The summed E-state index contributed by atoms with van der Waals surface area (Å²) < 4.78 is 90.6. The van der Waals surface area contributed by atoms with E-state index >= 15 is 8.78 Å². The molecule has 1 aliphatic rings. The molecule has 0 bridgehead atoms. The number of nitrogen functional groups attached to an aromatic ring is 1. The molecule has 4 N–H and O–H groups in total. The molecule has 3 aromatic rings. The molecule has 3 heterocycles. The highest BCUT2D eigenvalue weighted by atomic mass is 31.2. The number of aliphatic hydroxyl groups is 1. The molecule has 0 radical (unpaired) electrons. The second kappa shape index (κ2) is 12.1. The number of hydrogen-bond acceptors (Lipinski definition) is 12. The summed E-state index contributed by atoms with van der Waals surface area (Å²) in [5, 5.41) is 13.1. The monoisotopic (exact) mass is 616 g/mol. The minimum atomic E-state index is -5.07. The van der Waals surface area contributed by atoms with Crippen molar-refractivity contribution in [1.82, 2.24) is 24.6 Å². The number of aromatic nitrogens is 4. The Kier molecular flexibility index (Phi) is 8.23. The first-order chi connectivity index (χ1) is 20.4. The molecule has 1 saturated heterocycles. The van der Waals surface area contributed by atoms with Crippen LogP contribution in [0.1, 0.15) is 43.6 Å². The molecule has 230 valence electrons. The number of rotatable bonds is 12. The van der Waals surface area contributed by atoms with E-state index in [1.54, 1.807) is 26.8 Å². The van der Waals surface area contributed by atoms with Gasteiger partial charge in [-0.1, -0.05) is 18.2 Å². The summed E-state index contributed by atoms with van der Waals surface area (Å²) in [6.07, 6.45) is -4.57. The maximum absolute atomic E-state index is 16.6. The highest BCUT2D eigenvalue weighted by Crippen LogP contribution is 2.52. The molecule has 0 aliphatic carbocycles. The lowest BCUT2D eigenvalue weighted by Gasteiger charge is -2.28. The quantitative estimate of drug-likeness (QED) is 0.199. The number of carbonyl (C=O) groups excluding carboxylic acids is 1. The second-order valence-electron chi connectivity index (χ2n) is 9.74. The zero-order chi connectivity index (χ0) is 32.7. The maximum atomic E-state index is 16.6. The van der Waals surface area contributed by atoms with Gasteiger partial charge >= 0.3 is 13.7 Å². The maximum Gasteiger partial charge on any atom is 0.459 e. The summed E-state index contributed by atoms with van der Waals surface area (Å²) >= 11 is 0. The number of hydrogen-bond donors (Lipinski definition) is 3. The Labute approximate surface area is 242 Å². The van der Waals surface area contributed by atoms with E-state index in [0.717, 1.165) is 17.8 Å². The van der Waals surface area contributed by atoms with Crippen LogP contribution in [0.3, 0.4) is 0 Å². The first-order valence-corrected chi connectivity index (χ1v) is 14.4. The molecule has 2 aromatic heterocycles. The highest BCUT2D eigenvalue weighted by Gasteiger charge is 2.65. The molecular weight excluding hydrogens is 581 g/mol. The number of para-hydroxylation sites is 1. The Bertz CT molecular complexity index is 1550. The Balaban J connectivity index is 1.71. The van der Waals surface area contributed by atoms with Crippen LogP contribution in [0.15, 0.2) is 36.7 Å². The number of benzene rings is 1. The van der Waals surface area contributed by atoms with Gasteiger partial charge in [-0.15, -0.1) is 0 Å². The number of alkyl halides is 2. The molecule has 0 spiro atoms. The lowest BCUT2D eigenvalue weighted by atomic mass is 9.97. The third-order valence-electron chi connectivity index (χ3n) is 5.92. The first-order valence-electron chi connectivity index (χ1n) is 13.8. The van der Waals surface area contributed by atoms with E-state index in [0.29, 0.717) is 0 Å². The minimum Gasteiger partial charge on any atom is -0.476 e. The topological polar surface area (TPSA) is 182 Å². The highest BCUT2D eigenvalue weighted by molar-refractivity contribution is 7.52. The van der Waals surface area contributed by atoms with Crippen molar-refractivity contribution in [2.24, 2.45) is 0 Å². The van der Waals surface area contributed by atoms with E-state index in [1.165, 1.54) is 31.2 Å². The number of nitrogens with one attached hydrogen (secondary N) is 1. The van der Waals surface area contributed by atoms with Crippen LogP contribution in [0.4, 0.5) is 14.7 Å². The minimum absolute atomic E-state index is 0.00204. The fourth-order valence-electron chi connectivity index (χ4n) is 4.00. The van der Waals surface area contributed by atoms with Gasteiger partial charge in [0.1, 0.15) is 18.4 Å². The zero-order valence-electron chi connectivity index (χ0n) is 25.4. The molecule has 17 heteroatoms. The van der Waals surface area contributed by atoms with E-state index in [2.05, 4.69) is 20.0 Å². The van der Waals surface area contributed by atoms with Crippen LogP contribution in [-0.4, -0.2) is 73.5 Å². The molecular formula is C25H33F2N6O8P. The molecule has 6 atom stereocenters. The second-order valence-corrected chi connectivity index (χ2v) is 11.4. The first kappa shape index (κ1) is 28.7. The predicted molar refractivity (Wildman–Crippen MR) is 145 cm³/mol. The lowest BCUT2D eigenvalue weighted by molar-refractivity contribution is -0.202. The van der Waals surface area contributed by atoms with Crippen molar-refractivity contribution < 1.29 is 49.2 Å². The number of nitrogens with zero attached hydrogens (tertiary/aromatic N) is 4. The van der Waals surface area contributed by atoms with Crippen LogP contribution in [-0.2, 0) is 23.4 Å². The number of anilines is 1. The SMILES string of the molecule is [2H]C([2H])(OP(=O)(N[C@@H](C)C(=O)OC(C)C)Oc1ccccc1)[C@@]1(F)O[C@@H](n2cnc3c(OCC)nc(N)nc32)[C@](C)(F)[C@@H]1O. The number of esters is 1. The summed E-state index contributed by atoms with van der Waals surface area (Å²) in [5.41, 5.74) is 2.50. The van der Waals surface area contributed by atoms with Crippen LogP contribution in [0.2, 0.25) is 0 Å². The summed E-state index contributed by atoms with van der Waals surface area (Å²) in [4.78, 5) is 24.4. The van der Waals surface area contributed by atoms with Crippen molar-refractivity contribution in [3.8, 4) is 11.6 Å². The average Bonchev–Trinajstić information content (AvgIpc) is 3.41. The molecule has 14 nitrogen and oxygen atoms in total. The third kappa shape index (κ3) is 6.47. The van der Waals surface area contributed by atoms with Gasteiger partial charge in [-0.2, -0.15) is 15.1 Å². The van der Waals surface area contributed by atoms with Gasteiger partial charge in [0.2, 0.25) is 11.8 Å². The zero-order valence-corrected chi connectivity index (χ0v) is 24.2. The van der Waals surface area contributed by atoms with Crippen molar-refractivity contribution in [3.05, 3.63) is 36.7 Å². The van der Waals surface area contributed by atoms with Crippen LogP contribution in [0.25, 0.3) is 11.2 Å². The molecule has 0 saturated carbocycles. The molecule has 4 rings (SSSR count). The van der Waals surface area contributed by atoms with Crippen molar-refractivity contribution >= 4 is 30.8 Å². The van der Waals surface area contributed by atoms with Crippen LogP contribution in [0, 0.1) is 0 Å². The van der Waals surface area contributed by atoms with Gasteiger partial charge in [-0.25, -0.2) is 18.3 Å². The van der Waals surface area contributed by atoms with E-state index in [-0.39, 0.29) is 35.3 Å². The van der Waals surface area contributed by atoms with Crippen molar-refractivity contribution in [1.29, 1.82) is 0 Å². The molecule has 1 aliphatic heterocycles. The number of imidazole rings is 1. The van der Waals surface area contributed by atoms with Gasteiger partial charge < -0.3 is 29.6 Å². The van der Waals surface area contributed by atoms with Crippen molar-refractivity contribution in [2.45, 2.75) is 70.6 Å². The molecule has 1 fully saturated rings. The molecule has 1 unspecified atom stereocenters. The number of ether oxygens (including phenoxy) is 3. The fraction of sp³-hybridized carbons (Fsp3) is 0.520. The van der Waals surface area contributed by atoms with Crippen LogP contribution in [0.5, 0.6) is 11.6 Å². The van der Waals surface area contributed by atoms with E-state index < -0.39 is 56.3 Å². The predicted octanol–water partition coefficient (Wildman–Crippen LogP) is 3.22. The number of aliphatic hydroxyl groups excluding tert-OH is 1. The molecule has 42 heavy (non-hydrogen) atoms. The Morgan fingerprint density at radius 1 is 1.31 bits per heavy atom. The van der Waals surface area contributed by atoms with Crippen molar-refractivity contribution in [2.75, 3.05) is 18.9 Å². The third-order valence-corrected chi connectivity index (χ3v) is 7.41. The van der Waals surface area contributed by atoms with Gasteiger partial charge in [0.15, 0.2) is 29.2 Å². The van der Waals surface area contributed by atoms with Gasteiger partial charge in [0.05, 0.1) is 21.8 Å². The largest absolute Gasteiger partial charge is 0.476 e. The van der Waals surface area contributed by atoms with Gasteiger partial charge in [0.25, 0.3) is 5.85 Å². The average molecular weight is 617 g/mol. The van der Waals surface area contributed by atoms with Crippen molar-refractivity contribution in [3.63, 3.8) is 0 Å². The molecule has 0 amide bonds. The van der Waals surface area contributed by atoms with Gasteiger partial charge in [0, 0.05) is 0 Å². The summed E-state index contributed by atoms with van der Waals surface area (Å²) in [7, 11) is -5.07.